The third-order valence-corrected chi connectivity index (χ3v) is 2.67. The minimum absolute atomic E-state index is 0.269. The van der Waals surface area contributed by atoms with Crippen LogP contribution in [0.3, 0.4) is 0 Å². The quantitative estimate of drug-likeness (QED) is 0.724. The van der Waals surface area contributed by atoms with Crippen LogP contribution in [-0.2, 0) is 6.42 Å². The number of aldehydes is 1. The lowest BCUT2D eigenvalue weighted by Gasteiger charge is -2.01. The number of nitrogens with one attached hydrogen (secondary N) is 1. The number of carbonyl (C=O) groups is 1. The van der Waals surface area contributed by atoms with E-state index >= 15 is 0 Å². The summed E-state index contributed by atoms with van der Waals surface area (Å²) >= 11 is 0. The largest absolute Gasteiger partial charge is 0.492 e. The lowest BCUT2D eigenvalue weighted by Crippen LogP contribution is -1.86. The monoisotopic (exact) mass is 205 g/mol. The van der Waals surface area contributed by atoms with E-state index in [1.807, 2.05) is 0 Å². The van der Waals surface area contributed by atoms with Crippen LogP contribution in [0.2, 0.25) is 0 Å². The van der Waals surface area contributed by atoms with Crippen molar-refractivity contribution in [1.82, 2.24) is 4.98 Å². The van der Waals surface area contributed by atoms with Crippen LogP contribution in [0.5, 0.6) is 5.75 Å². The number of hydrogen-bond donors (Lipinski definition) is 1. The van der Waals surface area contributed by atoms with E-state index in [1.165, 1.54) is 6.07 Å². The summed E-state index contributed by atoms with van der Waals surface area (Å²) in [6, 6.07) is 3.10. The summed E-state index contributed by atoms with van der Waals surface area (Å²) in [6.07, 6.45) is 1.30. The topological polar surface area (TPSA) is 42.1 Å². The molecule has 4 heteroatoms. The molecular weight excluding hydrogens is 197 g/mol. The molecule has 1 aromatic carbocycles. The zero-order valence-electron chi connectivity index (χ0n) is 7.84. The number of ether oxygens (including phenoxy) is 1. The molecule has 0 unspecified atom stereocenters. The molecule has 1 aromatic heterocycles. The minimum atomic E-state index is -0.269. The van der Waals surface area contributed by atoms with Crippen molar-refractivity contribution >= 4 is 17.2 Å². The second kappa shape index (κ2) is 2.82. The maximum absolute atomic E-state index is 13.5. The van der Waals surface area contributed by atoms with E-state index in [0.717, 1.165) is 5.39 Å². The van der Waals surface area contributed by atoms with Gasteiger partial charge in [0.1, 0.15) is 11.6 Å². The van der Waals surface area contributed by atoms with Crippen LogP contribution in [0.25, 0.3) is 10.9 Å². The number of aromatic nitrogens is 1. The first-order valence-electron chi connectivity index (χ1n) is 4.71. The lowest BCUT2D eigenvalue weighted by molar-refractivity contribution is 0.112. The number of aromatic amines is 1. The Morgan fingerprint density at radius 2 is 2.33 bits per heavy atom. The van der Waals surface area contributed by atoms with Crippen molar-refractivity contribution in [2.75, 3.05) is 6.61 Å². The van der Waals surface area contributed by atoms with Crippen LogP contribution < -0.4 is 4.74 Å². The molecule has 76 valence electrons. The zero-order chi connectivity index (χ0) is 10.4. The average molecular weight is 205 g/mol. The van der Waals surface area contributed by atoms with Gasteiger partial charge < -0.3 is 9.72 Å². The first-order valence-corrected chi connectivity index (χ1v) is 4.71. The van der Waals surface area contributed by atoms with Crippen LogP contribution in [0.1, 0.15) is 16.1 Å². The third-order valence-electron chi connectivity index (χ3n) is 2.67. The highest BCUT2D eigenvalue weighted by molar-refractivity contribution is 5.93. The minimum Gasteiger partial charge on any atom is -0.492 e. The second-order valence-electron chi connectivity index (χ2n) is 3.57. The normalized spacial score (nSPS) is 13.9. The molecule has 2 aromatic rings. The van der Waals surface area contributed by atoms with Crippen LogP contribution in [0.4, 0.5) is 4.39 Å². The van der Waals surface area contributed by atoms with Crippen LogP contribution in [-0.4, -0.2) is 17.9 Å². The Balaban J connectivity index is 2.40. The molecule has 1 aliphatic heterocycles. The van der Waals surface area contributed by atoms with Gasteiger partial charge >= 0.3 is 0 Å². The molecule has 3 rings (SSSR count). The Kier molecular flexibility index (Phi) is 1.59. The second-order valence-corrected chi connectivity index (χ2v) is 3.57. The highest BCUT2D eigenvalue weighted by Crippen LogP contribution is 2.36. The van der Waals surface area contributed by atoms with Gasteiger partial charge in [-0.25, -0.2) is 4.39 Å². The van der Waals surface area contributed by atoms with Gasteiger partial charge in [0.25, 0.3) is 0 Å². The molecule has 0 atom stereocenters. The number of halogens is 1. The molecular formula is C11H8FNO2. The Morgan fingerprint density at radius 1 is 1.47 bits per heavy atom. The molecule has 0 aliphatic carbocycles. The Labute approximate surface area is 84.9 Å². The molecule has 0 amide bonds. The Morgan fingerprint density at radius 3 is 3.13 bits per heavy atom. The summed E-state index contributed by atoms with van der Waals surface area (Å²) in [5.41, 5.74) is 1.66. The predicted octanol–water partition coefficient (Wildman–Crippen LogP) is 2.05. The van der Waals surface area contributed by atoms with Crippen molar-refractivity contribution in [3.8, 4) is 5.75 Å². The van der Waals surface area contributed by atoms with Crippen molar-refractivity contribution in [2.45, 2.75) is 6.42 Å². The molecule has 1 N–H and O–H groups in total. The van der Waals surface area contributed by atoms with Crippen molar-refractivity contribution in [2.24, 2.45) is 0 Å². The van der Waals surface area contributed by atoms with Gasteiger partial charge in [-0.2, -0.15) is 0 Å². The fraction of sp³-hybridized carbons (Fsp3) is 0.182. The van der Waals surface area contributed by atoms with E-state index in [2.05, 4.69) is 4.98 Å². The zero-order valence-corrected chi connectivity index (χ0v) is 7.84. The van der Waals surface area contributed by atoms with E-state index in [1.54, 1.807) is 6.07 Å². The molecule has 15 heavy (non-hydrogen) atoms. The van der Waals surface area contributed by atoms with E-state index < -0.39 is 0 Å². The maximum Gasteiger partial charge on any atom is 0.166 e. The van der Waals surface area contributed by atoms with E-state index in [-0.39, 0.29) is 5.82 Å². The summed E-state index contributed by atoms with van der Waals surface area (Å²) in [5.74, 6) is 0.309. The molecule has 0 bridgehead atoms. The summed E-state index contributed by atoms with van der Waals surface area (Å²) in [4.78, 5) is 13.4. The number of rotatable bonds is 1. The molecule has 1 aliphatic rings. The fourth-order valence-corrected chi connectivity index (χ4v) is 2.00. The standard InChI is InChI=1S/C11H8FNO2/c12-9-4-10-8(3-6(5-14)13-10)11-7(9)1-2-15-11/h3-5,13H,1-2H2. The van der Waals surface area contributed by atoms with E-state index in [9.17, 15) is 9.18 Å². The fourth-order valence-electron chi connectivity index (χ4n) is 2.00. The first kappa shape index (κ1) is 8.47. The summed E-state index contributed by atoms with van der Waals surface area (Å²) in [7, 11) is 0. The first-order chi connectivity index (χ1) is 7.29. The number of H-pyrrole nitrogens is 1. The highest BCUT2D eigenvalue weighted by Gasteiger charge is 2.21. The van der Waals surface area contributed by atoms with E-state index in [4.69, 9.17) is 4.74 Å². The van der Waals surface area contributed by atoms with Gasteiger partial charge in [0.05, 0.1) is 17.8 Å². The SMILES string of the molecule is O=Cc1cc2c3c(c(F)cc2[nH]1)CCO3. The summed E-state index contributed by atoms with van der Waals surface area (Å²) < 4.78 is 18.9. The van der Waals surface area contributed by atoms with Gasteiger partial charge in [0.15, 0.2) is 6.29 Å². The Bertz CT molecular complexity index is 559. The van der Waals surface area contributed by atoms with Crippen LogP contribution in [0, 0.1) is 5.82 Å². The van der Waals surface area contributed by atoms with E-state index in [0.29, 0.717) is 41.8 Å². The van der Waals surface area contributed by atoms with Gasteiger partial charge in [0, 0.05) is 17.4 Å². The molecule has 3 nitrogen and oxygen atoms in total. The van der Waals surface area contributed by atoms with Crippen LogP contribution in [0.15, 0.2) is 12.1 Å². The summed E-state index contributed by atoms with van der Waals surface area (Å²) in [5, 5.41) is 0.783. The number of benzene rings is 1. The molecule has 0 radical (unpaired) electrons. The molecule has 0 saturated heterocycles. The molecule has 0 spiro atoms. The van der Waals surface area contributed by atoms with Gasteiger partial charge in [-0.15, -0.1) is 0 Å². The predicted molar refractivity (Wildman–Crippen MR) is 52.8 cm³/mol. The number of hydrogen-bond acceptors (Lipinski definition) is 2. The van der Waals surface area contributed by atoms with Gasteiger partial charge in [-0.3, -0.25) is 4.79 Å². The summed E-state index contributed by atoms with van der Waals surface area (Å²) in [6.45, 7) is 0.507. The molecule has 2 heterocycles. The third kappa shape index (κ3) is 1.08. The number of fused-ring (bicyclic) bond motifs is 3. The average Bonchev–Trinajstić information content (AvgIpc) is 2.80. The van der Waals surface area contributed by atoms with Crippen molar-refractivity contribution in [3.05, 3.63) is 29.2 Å². The van der Waals surface area contributed by atoms with Gasteiger partial charge in [-0.05, 0) is 12.1 Å². The van der Waals surface area contributed by atoms with Gasteiger partial charge in [-0.1, -0.05) is 0 Å². The Hall–Kier alpha value is -1.84. The van der Waals surface area contributed by atoms with Crippen molar-refractivity contribution < 1.29 is 13.9 Å². The molecule has 0 saturated carbocycles. The maximum atomic E-state index is 13.5. The smallest absolute Gasteiger partial charge is 0.166 e. The number of carbonyl (C=O) groups excluding carboxylic acids is 1. The van der Waals surface area contributed by atoms with Crippen molar-refractivity contribution in [1.29, 1.82) is 0 Å². The van der Waals surface area contributed by atoms with Gasteiger partial charge in [0.2, 0.25) is 0 Å². The van der Waals surface area contributed by atoms with Crippen LogP contribution >= 0.6 is 0 Å². The molecule has 0 fully saturated rings. The highest BCUT2D eigenvalue weighted by atomic mass is 19.1. The van der Waals surface area contributed by atoms with Crippen molar-refractivity contribution in [3.63, 3.8) is 0 Å². The lowest BCUT2D eigenvalue weighted by atomic mass is 10.1.